The third kappa shape index (κ3) is 4.74. The molecular weight excluding hydrogens is 430 g/mol. The first kappa shape index (κ1) is 22.2. The zero-order valence-corrected chi connectivity index (χ0v) is 18.9. The van der Waals surface area contributed by atoms with E-state index in [4.69, 9.17) is 20.8 Å². The summed E-state index contributed by atoms with van der Waals surface area (Å²) < 4.78 is 11.4. The van der Waals surface area contributed by atoms with Gasteiger partial charge in [-0.05, 0) is 44.2 Å². The van der Waals surface area contributed by atoms with E-state index in [-0.39, 0.29) is 18.4 Å². The second-order valence-corrected chi connectivity index (χ2v) is 8.15. The molecule has 0 atom stereocenters. The number of carbonyl (C=O) groups excluding carboxylic acids is 2. The van der Waals surface area contributed by atoms with Crippen molar-refractivity contribution in [1.29, 1.82) is 0 Å². The molecule has 1 aliphatic rings. The fourth-order valence-electron chi connectivity index (χ4n) is 3.87. The van der Waals surface area contributed by atoms with Crippen molar-refractivity contribution in [1.82, 2.24) is 9.80 Å². The number of carbonyl (C=O) groups is 2. The van der Waals surface area contributed by atoms with Gasteiger partial charge in [-0.25, -0.2) is 0 Å². The zero-order valence-electron chi connectivity index (χ0n) is 18.2. The maximum atomic E-state index is 13.1. The van der Waals surface area contributed by atoms with E-state index in [1.165, 1.54) is 0 Å². The number of piperazine rings is 1. The molecule has 3 aromatic rings. The average molecular weight is 456 g/mol. The van der Waals surface area contributed by atoms with Gasteiger partial charge in [0, 0.05) is 37.1 Å². The molecule has 1 saturated heterocycles. The summed E-state index contributed by atoms with van der Waals surface area (Å²) in [7, 11) is 0. The van der Waals surface area contributed by atoms with Crippen LogP contribution in [0.2, 0.25) is 5.02 Å². The lowest BCUT2D eigenvalue weighted by Gasteiger charge is -2.34. The topological polar surface area (TPSA) is 75.0 Å². The Morgan fingerprint density at radius 2 is 1.88 bits per heavy atom. The molecule has 4 rings (SSSR count). The van der Waals surface area contributed by atoms with Gasteiger partial charge in [0.1, 0.15) is 11.3 Å². The number of nitrogens with one attached hydrogen (secondary N) is 1. The van der Waals surface area contributed by atoms with E-state index in [1.54, 1.807) is 17.0 Å². The number of rotatable bonds is 6. The summed E-state index contributed by atoms with van der Waals surface area (Å²) in [6.07, 6.45) is 0. The van der Waals surface area contributed by atoms with Crippen LogP contribution in [0.3, 0.4) is 0 Å². The van der Waals surface area contributed by atoms with Crippen LogP contribution in [-0.2, 0) is 4.79 Å². The van der Waals surface area contributed by atoms with E-state index in [1.807, 2.05) is 49.1 Å². The molecule has 1 aromatic heterocycles. The van der Waals surface area contributed by atoms with Crippen molar-refractivity contribution in [2.75, 3.05) is 44.6 Å². The Morgan fingerprint density at radius 1 is 1.12 bits per heavy atom. The lowest BCUT2D eigenvalue weighted by Crippen LogP contribution is -2.50. The van der Waals surface area contributed by atoms with E-state index in [9.17, 15) is 9.59 Å². The Hall–Kier alpha value is -3.03. The number of ether oxygens (including phenoxy) is 1. The molecule has 168 valence electrons. The second-order valence-electron chi connectivity index (χ2n) is 7.74. The quantitative estimate of drug-likeness (QED) is 0.603. The first-order chi connectivity index (χ1) is 15.5. The smallest absolute Gasteiger partial charge is 0.289 e. The number of fused-ring (bicyclic) bond motifs is 1. The fraction of sp³-hybridized carbons (Fsp3) is 0.333. The Morgan fingerprint density at radius 3 is 2.59 bits per heavy atom. The van der Waals surface area contributed by atoms with Crippen LogP contribution in [0.25, 0.3) is 11.0 Å². The number of aryl methyl sites for hydroxylation is 1. The van der Waals surface area contributed by atoms with E-state index >= 15 is 0 Å². The summed E-state index contributed by atoms with van der Waals surface area (Å²) >= 11 is 6.10. The highest BCUT2D eigenvalue weighted by Gasteiger charge is 2.27. The van der Waals surface area contributed by atoms with Gasteiger partial charge in [-0.1, -0.05) is 23.7 Å². The number of benzene rings is 2. The molecule has 8 heteroatoms. The largest absolute Gasteiger partial charge is 0.494 e. The molecular formula is C24H26ClN3O4. The van der Waals surface area contributed by atoms with Crippen molar-refractivity contribution in [2.24, 2.45) is 0 Å². The van der Waals surface area contributed by atoms with Crippen LogP contribution in [0.15, 0.2) is 46.9 Å². The summed E-state index contributed by atoms with van der Waals surface area (Å²) in [5.41, 5.74) is 2.08. The second kappa shape index (κ2) is 9.63. The van der Waals surface area contributed by atoms with Crippen molar-refractivity contribution in [2.45, 2.75) is 13.8 Å². The number of nitrogens with zero attached hydrogens (tertiary/aromatic N) is 2. The van der Waals surface area contributed by atoms with Crippen LogP contribution in [0.1, 0.15) is 23.0 Å². The van der Waals surface area contributed by atoms with Crippen LogP contribution < -0.4 is 10.1 Å². The first-order valence-electron chi connectivity index (χ1n) is 10.7. The zero-order chi connectivity index (χ0) is 22.7. The molecule has 2 aromatic carbocycles. The maximum Gasteiger partial charge on any atom is 0.289 e. The molecule has 32 heavy (non-hydrogen) atoms. The molecule has 1 aliphatic heterocycles. The highest BCUT2D eigenvalue weighted by atomic mass is 35.5. The van der Waals surface area contributed by atoms with E-state index in [0.717, 1.165) is 16.7 Å². The number of hydrogen-bond acceptors (Lipinski definition) is 5. The van der Waals surface area contributed by atoms with Crippen molar-refractivity contribution in [3.05, 3.63) is 58.8 Å². The number of amides is 2. The molecule has 7 nitrogen and oxygen atoms in total. The minimum atomic E-state index is -0.129. The Kier molecular flexibility index (Phi) is 6.67. The van der Waals surface area contributed by atoms with Gasteiger partial charge < -0.3 is 19.4 Å². The van der Waals surface area contributed by atoms with Crippen molar-refractivity contribution in [3.8, 4) is 5.75 Å². The molecule has 0 unspecified atom stereocenters. The highest BCUT2D eigenvalue weighted by molar-refractivity contribution is 6.33. The van der Waals surface area contributed by atoms with E-state index < -0.39 is 0 Å². The molecule has 0 saturated carbocycles. The van der Waals surface area contributed by atoms with Crippen LogP contribution in [0.5, 0.6) is 5.75 Å². The van der Waals surface area contributed by atoms with Gasteiger partial charge in [-0.3, -0.25) is 14.5 Å². The lowest BCUT2D eigenvalue weighted by molar-refractivity contribution is -0.117. The fourth-order valence-corrected chi connectivity index (χ4v) is 4.05. The van der Waals surface area contributed by atoms with Gasteiger partial charge in [0.15, 0.2) is 5.76 Å². The molecule has 0 spiro atoms. The number of furan rings is 1. The minimum Gasteiger partial charge on any atom is -0.494 e. The number of hydrogen-bond donors (Lipinski definition) is 1. The third-order valence-electron chi connectivity index (χ3n) is 5.59. The van der Waals surface area contributed by atoms with Crippen LogP contribution in [-0.4, -0.2) is 60.9 Å². The molecule has 1 N–H and O–H groups in total. The standard InChI is InChI=1S/C24H26ClN3O4/c1-3-31-17-8-9-21-18(14-17)16(2)23(32-21)24(30)28-12-10-27(11-13-28)15-22(29)26-20-7-5-4-6-19(20)25/h4-9,14H,3,10-13,15H2,1-2H3,(H,26,29). The molecule has 0 bridgehead atoms. The van der Waals surface area contributed by atoms with Gasteiger partial charge in [0.25, 0.3) is 5.91 Å². The van der Waals surface area contributed by atoms with Gasteiger partial charge in [0.2, 0.25) is 5.91 Å². The van der Waals surface area contributed by atoms with Gasteiger partial charge in [0.05, 0.1) is 23.9 Å². The Balaban J connectivity index is 1.36. The summed E-state index contributed by atoms with van der Waals surface area (Å²) in [4.78, 5) is 29.3. The van der Waals surface area contributed by atoms with Crippen LogP contribution >= 0.6 is 11.6 Å². The molecule has 1 fully saturated rings. The van der Waals surface area contributed by atoms with Gasteiger partial charge in [-0.2, -0.15) is 0 Å². The predicted molar refractivity (Wildman–Crippen MR) is 125 cm³/mol. The number of para-hydroxylation sites is 1. The van der Waals surface area contributed by atoms with Gasteiger partial charge >= 0.3 is 0 Å². The van der Waals surface area contributed by atoms with E-state index in [2.05, 4.69) is 5.32 Å². The molecule has 2 heterocycles. The van der Waals surface area contributed by atoms with Crippen molar-refractivity contribution < 1.29 is 18.7 Å². The maximum absolute atomic E-state index is 13.1. The summed E-state index contributed by atoms with van der Waals surface area (Å²) in [6, 6.07) is 12.7. The minimum absolute atomic E-state index is 0.128. The van der Waals surface area contributed by atoms with Gasteiger partial charge in [-0.15, -0.1) is 0 Å². The molecule has 2 amide bonds. The Labute approximate surface area is 191 Å². The Bertz CT molecular complexity index is 1140. The molecule has 0 radical (unpaired) electrons. The predicted octanol–water partition coefficient (Wildman–Crippen LogP) is 4.19. The normalized spacial score (nSPS) is 14.5. The third-order valence-corrected chi connectivity index (χ3v) is 5.92. The summed E-state index contributed by atoms with van der Waals surface area (Å²) in [5, 5.41) is 4.22. The summed E-state index contributed by atoms with van der Waals surface area (Å²) in [5.74, 6) is 0.859. The summed E-state index contributed by atoms with van der Waals surface area (Å²) in [6.45, 7) is 6.92. The number of halogens is 1. The lowest BCUT2D eigenvalue weighted by atomic mass is 10.1. The van der Waals surface area contributed by atoms with Crippen molar-refractivity contribution in [3.63, 3.8) is 0 Å². The monoisotopic (exact) mass is 455 g/mol. The number of anilines is 1. The molecule has 0 aliphatic carbocycles. The SMILES string of the molecule is CCOc1ccc2oc(C(=O)N3CCN(CC(=O)Nc4ccccc4Cl)CC3)c(C)c2c1. The van der Waals surface area contributed by atoms with E-state index in [0.29, 0.717) is 54.8 Å². The average Bonchev–Trinajstić information content (AvgIpc) is 3.12. The highest BCUT2D eigenvalue weighted by Crippen LogP contribution is 2.30. The first-order valence-corrected chi connectivity index (χ1v) is 11.1. The van der Waals surface area contributed by atoms with Crippen LogP contribution in [0.4, 0.5) is 5.69 Å². The van der Waals surface area contributed by atoms with Crippen molar-refractivity contribution >= 4 is 40.1 Å². The van der Waals surface area contributed by atoms with Crippen LogP contribution in [0, 0.1) is 6.92 Å².